The summed E-state index contributed by atoms with van der Waals surface area (Å²) in [6, 6.07) is 9.64. The Labute approximate surface area is 120 Å². The quantitative estimate of drug-likeness (QED) is 0.444. The maximum absolute atomic E-state index is 9.10. The average molecular weight is 356 g/mol. The molecule has 1 unspecified atom stereocenters. The fourth-order valence-corrected chi connectivity index (χ4v) is 3.65. The summed E-state index contributed by atoms with van der Waals surface area (Å²) >= 11 is 4.07. The van der Waals surface area contributed by atoms with Gasteiger partial charge < -0.3 is 0 Å². The van der Waals surface area contributed by atoms with Crippen molar-refractivity contribution in [3.05, 3.63) is 29.3 Å². The normalized spacial score (nSPS) is 11.5. The summed E-state index contributed by atoms with van der Waals surface area (Å²) in [5.41, 5.74) is 0.981. The van der Waals surface area contributed by atoms with Gasteiger partial charge in [0.15, 0.2) is 0 Å². The molecule has 88 valence electrons. The highest BCUT2D eigenvalue weighted by Gasteiger charge is 2.12. The number of benzene rings is 1. The maximum Gasteiger partial charge on any atom is 0.102 e. The summed E-state index contributed by atoms with van der Waals surface area (Å²) in [6.07, 6.45) is 3.51. The van der Waals surface area contributed by atoms with Gasteiger partial charge in [0.2, 0.25) is 0 Å². The van der Waals surface area contributed by atoms with E-state index in [4.69, 9.17) is 10.5 Å². The minimum Gasteiger partial charge on any atom is -0.192 e. The lowest BCUT2D eigenvalue weighted by Gasteiger charge is -2.10. The first-order valence-electron chi connectivity index (χ1n) is 5.46. The van der Waals surface area contributed by atoms with Crippen LogP contribution < -0.4 is 0 Å². The fraction of sp³-hybridized carbons (Fsp3) is 0.385. The minimum atomic E-state index is 0.452. The third kappa shape index (κ3) is 4.22. The summed E-state index contributed by atoms with van der Waals surface area (Å²) < 4.78 is 0.452. The monoisotopic (exact) mass is 356 g/mol. The van der Waals surface area contributed by atoms with Crippen molar-refractivity contribution in [2.45, 2.75) is 34.3 Å². The number of nitrogens with zero attached hydrogens (tertiary/aromatic N) is 2. The molecule has 1 atom stereocenters. The minimum absolute atomic E-state index is 0.452. The number of nitriles is 2. The number of alkyl halides is 1. The van der Waals surface area contributed by atoms with Crippen molar-refractivity contribution >= 4 is 34.4 Å². The van der Waals surface area contributed by atoms with Crippen LogP contribution in [0.25, 0.3) is 0 Å². The lowest BCUT2D eigenvalue weighted by molar-refractivity contribution is 0.771. The van der Waals surface area contributed by atoms with Gasteiger partial charge in [0.05, 0.1) is 14.4 Å². The van der Waals surface area contributed by atoms with Crippen molar-refractivity contribution in [3.63, 3.8) is 0 Å². The Morgan fingerprint density at radius 3 is 2.71 bits per heavy atom. The van der Waals surface area contributed by atoms with Gasteiger partial charge in [-0.25, -0.2) is 0 Å². The highest BCUT2D eigenvalue weighted by molar-refractivity contribution is 14.1. The van der Waals surface area contributed by atoms with Crippen LogP contribution in [-0.4, -0.2) is 3.26 Å². The lowest BCUT2D eigenvalue weighted by Crippen LogP contribution is -1.94. The first-order valence-corrected chi connectivity index (χ1v) is 7.59. The molecule has 0 amide bonds. The predicted molar refractivity (Wildman–Crippen MR) is 79.1 cm³/mol. The average Bonchev–Trinajstić information content (AvgIpc) is 2.35. The summed E-state index contributed by atoms with van der Waals surface area (Å²) in [6.45, 7) is 2.17. The van der Waals surface area contributed by atoms with Crippen molar-refractivity contribution in [1.82, 2.24) is 0 Å². The van der Waals surface area contributed by atoms with Gasteiger partial charge in [0.25, 0.3) is 0 Å². The molecule has 0 saturated carbocycles. The standard InChI is InChI=1S/C13H13IN2S/c1-2-3-7-13(14)17-12-6-4-5-10(8-15)11(12)9-16/h4-6,13H,2-3,7H2,1H3. The van der Waals surface area contributed by atoms with Gasteiger partial charge >= 0.3 is 0 Å². The van der Waals surface area contributed by atoms with Crippen LogP contribution in [-0.2, 0) is 0 Å². The van der Waals surface area contributed by atoms with Crippen molar-refractivity contribution in [1.29, 1.82) is 10.5 Å². The van der Waals surface area contributed by atoms with Crippen molar-refractivity contribution < 1.29 is 0 Å². The molecule has 0 saturated heterocycles. The van der Waals surface area contributed by atoms with Crippen molar-refractivity contribution in [2.24, 2.45) is 0 Å². The summed E-state index contributed by atoms with van der Waals surface area (Å²) in [5, 5.41) is 18.0. The molecule has 0 aliphatic heterocycles. The van der Waals surface area contributed by atoms with Crippen molar-refractivity contribution in [3.8, 4) is 12.1 Å². The van der Waals surface area contributed by atoms with Crippen LogP contribution in [0.15, 0.2) is 23.1 Å². The van der Waals surface area contributed by atoms with Crippen LogP contribution in [0, 0.1) is 22.7 Å². The Hall–Kier alpha value is -0.720. The van der Waals surface area contributed by atoms with E-state index in [0.717, 1.165) is 11.3 Å². The van der Waals surface area contributed by atoms with E-state index in [1.165, 1.54) is 12.8 Å². The smallest absolute Gasteiger partial charge is 0.102 e. The van der Waals surface area contributed by atoms with E-state index < -0.39 is 0 Å². The highest BCUT2D eigenvalue weighted by atomic mass is 127. The van der Waals surface area contributed by atoms with E-state index in [1.54, 1.807) is 17.8 Å². The second-order valence-electron chi connectivity index (χ2n) is 3.57. The molecule has 0 radical (unpaired) electrons. The molecular formula is C13H13IN2S. The van der Waals surface area contributed by atoms with Crippen LogP contribution in [0.5, 0.6) is 0 Å². The van der Waals surface area contributed by atoms with Gasteiger partial charge in [-0.3, -0.25) is 0 Å². The molecule has 0 heterocycles. The van der Waals surface area contributed by atoms with Gasteiger partial charge in [-0.05, 0) is 18.6 Å². The molecule has 1 aromatic rings. The van der Waals surface area contributed by atoms with Gasteiger partial charge in [-0.1, -0.05) is 48.4 Å². The molecule has 0 N–H and O–H groups in total. The number of rotatable bonds is 5. The van der Waals surface area contributed by atoms with E-state index >= 15 is 0 Å². The summed E-state index contributed by atoms with van der Waals surface area (Å²) in [4.78, 5) is 0.919. The Balaban J connectivity index is 2.85. The molecule has 1 rings (SSSR count). The molecule has 0 fully saturated rings. The molecule has 0 aliphatic carbocycles. The molecular weight excluding hydrogens is 343 g/mol. The highest BCUT2D eigenvalue weighted by Crippen LogP contribution is 2.34. The van der Waals surface area contributed by atoms with Crippen LogP contribution >= 0.6 is 34.4 Å². The molecule has 2 nitrogen and oxygen atoms in total. The third-order valence-electron chi connectivity index (χ3n) is 2.30. The van der Waals surface area contributed by atoms with Crippen LogP contribution in [0.3, 0.4) is 0 Å². The largest absolute Gasteiger partial charge is 0.192 e. The van der Waals surface area contributed by atoms with Gasteiger partial charge in [-0.15, -0.1) is 11.8 Å². The van der Waals surface area contributed by atoms with E-state index in [2.05, 4.69) is 41.7 Å². The SMILES string of the molecule is CCCCC(I)Sc1cccc(C#N)c1C#N. The lowest BCUT2D eigenvalue weighted by atomic mass is 10.1. The number of hydrogen-bond donors (Lipinski definition) is 0. The van der Waals surface area contributed by atoms with E-state index in [9.17, 15) is 0 Å². The predicted octanol–water partition coefficient (Wildman–Crippen LogP) is 4.47. The molecule has 1 aromatic carbocycles. The number of hydrogen-bond acceptors (Lipinski definition) is 3. The third-order valence-corrected chi connectivity index (χ3v) is 4.77. The molecule has 0 aliphatic rings. The molecule has 0 aromatic heterocycles. The van der Waals surface area contributed by atoms with Crippen LogP contribution in [0.4, 0.5) is 0 Å². The first-order chi connectivity index (χ1) is 8.22. The van der Waals surface area contributed by atoms with Gasteiger partial charge in [0, 0.05) is 4.90 Å². The zero-order valence-electron chi connectivity index (χ0n) is 9.61. The number of halogens is 1. The second-order valence-corrected chi connectivity index (χ2v) is 7.17. The van der Waals surface area contributed by atoms with E-state index in [-0.39, 0.29) is 0 Å². The zero-order valence-corrected chi connectivity index (χ0v) is 12.6. The Kier molecular flexibility index (Phi) is 6.39. The maximum atomic E-state index is 9.10. The fourth-order valence-electron chi connectivity index (χ4n) is 1.40. The zero-order chi connectivity index (χ0) is 12.7. The Morgan fingerprint density at radius 2 is 2.12 bits per heavy atom. The molecule has 4 heteroatoms. The topological polar surface area (TPSA) is 47.6 Å². The van der Waals surface area contributed by atoms with Gasteiger partial charge in [0.1, 0.15) is 12.1 Å². The Morgan fingerprint density at radius 1 is 1.35 bits per heavy atom. The van der Waals surface area contributed by atoms with E-state index in [0.29, 0.717) is 14.4 Å². The summed E-state index contributed by atoms with van der Waals surface area (Å²) in [7, 11) is 0. The molecule has 0 spiro atoms. The number of unbranched alkanes of at least 4 members (excludes halogenated alkanes) is 1. The summed E-state index contributed by atoms with van der Waals surface area (Å²) in [5.74, 6) is 0. The van der Waals surface area contributed by atoms with Crippen LogP contribution in [0.1, 0.15) is 37.3 Å². The van der Waals surface area contributed by atoms with E-state index in [1.807, 2.05) is 12.1 Å². The van der Waals surface area contributed by atoms with Crippen molar-refractivity contribution in [2.75, 3.05) is 0 Å². The molecule has 0 bridgehead atoms. The number of thioether (sulfide) groups is 1. The molecule has 17 heavy (non-hydrogen) atoms. The Bertz CT molecular complexity index is 459. The van der Waals surface area contributed by atoms with Gasteiger partial charge in [-0.2, -0.15) is 10.5 Å². The first kappa shape index (κ1) is 14.3. The van der Waals surface area contributed by atoms with Crippen LogP contribution in [0.2, 0.25) is 0 Å². The second kappa shape index (κ2) is 7.58.